The molecule has 2 nitrogen and oxygen atoms in total. The Balaban J connectivity index is 1.77. The Morgan fingerprint density at radius 2 is 1.88 bits per heavy atom. The van der Waals surface area contributed by atoms with Gasteiger partial charge in [0.25, 0.3) is 0 Å². The van der Waals surface area contributed by atoms with Crippen molar-refractivity contribution in [2.24, 2.45) is 5.41 Å². The van der Waals surface area contributed by atoms with E-state index in [1.165, 1.54) is 31.4 Å². The zero-order chi connectivity index (χ0) is 11.9. The molecule has 1 spiro atoms. The van der Waals surface area contributed by atoms with Crippen molar-refractivity contribution in [1.82, 2.24) is 0 Å². The molecule has 1 heterocycles. The second-order valence-corrected chi connectivity index (χ2v) is 5.51. The summed E-state index contributed by atoms with van der Waals surface area (Å²) >= 11 is 0. The normalized spacial score (nSPS) is 21.5. The summed E-state index contributed by atoms with van der Waals surface area (Å²) in [5.74, 6) is 0. The van der Waals surface area contributed by atoms with E-state index in [9.17, 15) is 0 Å². The highest BCUT2D eigenvalue weighted by Crippen LogP contribution is 2.54. The maximum absolute atomic E-state index is 6.12. The van der Waals surface area contributed by atoms with Gasteiger partial charge in [0.05, 0.1) is 11.4 Å². The summed E-state index contributed by atoms with van der Waals surface area (Å²) in [6, 6.07) is 6.25. The van der Waals surface area contributed by atoms with Gasteiger partial charge in [0, 0.05) is 13.1 Å². The molecule has 2 aliphatic rings. The van der Waals surface area contributed by atoms with Crippen LogP contribution in [0.15, 0.2) is 24.8 Å². The summed E-state index contributed by atoms with van der Waals surface area (Å²) < 4.78 is 0. The first-order valence-corrected chi connectivity index (χ1v) is 6.49. The number of hydrogen-bond acceptors (Lipinski definition) is 2. The van der Waals surface area contributed by atoms with E-state index in [1.807, 2.05) is 12.1 Å². The van der Waals surface area contributed by atoms with Crippen molar-refractivity contribution in [3.63, 3.8) is 0 Å². The van der Waals surface area contributed by atoms with Gasteiger partial charge in [0.1, 0.15) is 0 Å². The summed E-state index contributed by atoms with van der Waals surface area (Å²) in [6.07, 6.45) is 7.43. The first-order chi connectivity index (χ1) is 8.22. The smallest absolute Gasteiger partial charge is 0.0600 e. The zero-order valence-electron chi connectivity index (χ0n) is 10.3. The number of nitrogens with zero attached hydrogens (tertiary/aromatic N) is 1. The van der Waals surface area contributed by atoms with Crippen molar-refractivity contribution < 1.29 is 0 Å². The molecule has 0 unspecified atom stereocenters. The fraction of sp³-hybridized carbons (Fsp3) is 0.467. The average molecular weight is 228 g/mol. The molecular formula is C15H20N2. The van der Waals surface area contributed by atoms with Crippen LogP contribution in [-0.4, -0.2) is 13.1 Å². The Kier molecular flexibility index (Phi) is 2.39. The highest BCUT2D eigenvalue weighted by Gasteiger charge is 2.44. The monoisotopic (exact) mass is 228 g/mol. The van der Waals surface area contributed by atoms with Gasteiger partial charge in [-0.1, -0.05) is 18.7 Å². The number of anilines is 2. The molecule has 90 valence electrons. The number of rotatable bonds is 2. The molecule has 2 N–H and O–H groups in total. The second kappa shape index (κ2) is 3.80. The van der Waals surface area contributed by atoms with E-state index in [4.69, 9.17) is 5.73 Å². The van der Waals surface area contributed by atoms with E-state index in [0.717, 1.165) is 29.8 Å². The number of hydrogen-bond donors (Lipinski definition) is 1. The minimum absolute atomic E-state index is 0.728. The van der Waals surface area contributed by atoms with E-state index in [1.54, 1.807) is 0 Å². The summed E-state index contributed by atoms with van der Waals surface area (Å²) in [7, 11) is 0. The molecular weight excluding hydrogens is 208 g/mol. The Morgan fingerprint density at radius 3 is 2.41 bits per heavy atom. The SMILES string of the molecule is C=Cc1ccc(N2CCC3(CC2)CC3)c(N)c1. The van der Waals surface area contributed by atoms with Gasteiger partial charge in [-0.25, -0.2) is 0 Å². The standard InChI is InChI=1S/C15H20N2/c1-2-12-3-4-14(13(16)11-12)17-9-7-15(5-6-15)8-10-17/h2-4,11H,1,5-10,16H2. The van der Waals surface area contributed by atoms with Crippen molar-refractivity contribution in [1.29, 1.82) is 0 Å². The van der Waals surface area contributed by atoms with Crippen molar-refractivity contribution in [2.75, 3.05) is 23.7 Å². The van der Waals surface area contributed by atoms with Gasteiger partial charge in [-0.2, -0.15) is 0 Å². The molecule has 2 heteroatoms. The molecule has 0 bridgehead atoms. The van der Waals surface area contributed by atoms with Crippen LogP contribution in [0.25, 0.3) is 6.08 Å². The minimum Gasteiger partial charge on any atom is -0.397 e. The van der Waals surface area contributed by atoms with Crippen molar-refractivity contribution in [2.45, 2.75) is 25.7 Å². The van der Waals surface area contributed by atoms with E-state index in [2.05, 4.69) is 23.6 Å². The first kappa shape index (κ1) is 10.7. The lowest BCUT2D eigenvalue weighted by molar-refractivity contribution is 0.384. The quantitative estimate of drug-likeness (QED) is 0.787. The van der Waals surface area contributed by atoms with Crippen LogP contribution in [0.2, 0.25) is 0 Å². The molecule has 0 radical (unpaired) electrons. The molecule has 1 aromatic rings. The van der Waals surface area contributed by atoms with Gasteiger partial charge < -0.3 is 10.6 Å². The maximum atomic E-state index is 6.12. The Bertz CT molecular complexity index is 436. The Hall–Kier alpha value is -1.44. The van der Waals surface area contributed by atoms with Crippen LogP contribution in [0.3, 0.4) is 0 Å². The fourth-order valence-corrected chi connectivity index (χ4v) is 2.89. The van der Waals surface area contributed by atoms with Gasteiger partial charge in [-0.05, 0) is 48.8 Å². The van der Waals surface area contributed by atoms with Crippen molar-refractivity contribution >= 4 is 17.5 Å². The molecule has 1 saturated carbocycles. The third kappa shape index (κ3) is 1.92. The molecule has 0 atom stereocenters. The minimum atomic E-state index is 0.728. The molecule has 2 fully saturated rings. The zero-order valence-corrected chi connectivity index (χ0v) is 10.3. The van der Waals surface area contributed by atoms with Crippen molar-refractivity contribution in [3.05, 3.63) is 30.3 Å². The Labute approximate surface area is 103 Å². The van der Waals surface area contributed by atoms with Crippen LogP contribution in [-0.2, 0) is 0 Å². The van der Waals surface area contributed by atoms with Crippen molar-refractivity contribution in [3.8, 4) is 0 Å². The molecule has 1 aliphatic carbocycles. The largest absolute Gasteiger partial charge is 0.397 e. The van der Waals surface area contributed by atoms with Gasteiger partial charge in [0.2, 0.25) is 0 Å². The predicted octanol–water partition coefficient (Wildman–Crippen LogP) is 3.29. The van der Waals surface area contributed by atoms with Crippen LogP contribution in [0.5, 0.6) is 0 Å². The lowest BCUT2D eigenvalue weighted by Gasteiger charge is -2.34. The van der Waals surface area contributed by atoms with Crippen LogP contribution < -0.4 is 10.6 Å². The molecule has 1 aromatic carbocycles. The van der Waals surface area contributed by atoms with Gasteiger partial charge in [-0.3, -0.25) is 0 Å². The van der Waals surface area contributed by atoms with Crippen LogP contribution >= 0.6 is 0 Å². The molecule has 0 amide bonds. The van der Waals surface area contributed by atoms with E-state index >= 15 is 0 Å². The highest BCUT2D eigenvalue weighted by molar-refractivity contribution is 5.71. The van der Waals surface area contributed by atoms with E-state index < -0.39 is 0 Å². The predicted molar refractivity (Wildman–Crippen MR) is 74.1 cm³/mol. The molecule has 0 aromatic heterocycles. The second-order valence-electron chi connectivity index (χ2n) is 5.51. The maximum Gasteiger partial charge on any atom is 0.0600 e. The topological polar surface area (TPSA) is 29.3 Å². The lowest BCUT2D eigenvalue weighted by atomic mass is 9.93. The van der Waals surface area contributed by atoms with E-state index in [0.29, 0.717) is 0 Å². The van der Waals surface area contributed by atoms with Gasteiger partial charge in [0.15, 0.2) is 0 Å². The first-order valence-electron chi connectivity index (χ1n) is 6.49. The summed E-state index contributed by atoms with van der Waals surface area (Å²) in [6.45, 7) is 6.10. The lowest BCUT2D eigenvalue weighted by Crippen LogP contribution is -2.34. The summed E-state index contributed by atoms with van der Waals surface area (Å²) in [4.78, 5) is 2.44. The summed E-state index contributed by atoms with van der Waals surface area (Å²) in [5.41, 5.74) is 10.0. The molecule has 17 heavy (non-hydrogen) atoms. The third-order valence-electron chi connectivity index (χ3n) is 4.41. The van der Waals surface area contributed by atoms with Gasteiger partial charge >= 0.3 is 0 Å². The highest BCUT2D eigenvalue weighted by atomic mass is 15.1. The number of nitrogen functional groups attached to an aromatic ring is 1. The molecule has 1 saturated heterocycles. The third-order valence-corrected chi connectivity index (χ3v) is 4.41. The summed E-state index contributed by atoms with van der Waals surface area (Å²) in [5, 5.41) is 0. The average Bonchev–Trinajstić information content (AvgIpc) is 3.10. The molecule has 3 rings (SSSR count). The van der Waals surface area contributed by atoms with Crippen LogP contribution in [0, 0.1) is 5.41 Å². The fourth-order valence-electron chi connectivity index (χ4n) is 2.89. The number of piperidine rings is 1. The van der Waals surface area contributed by atoms with E-state index in [-0.39, 0.29) is 0 Å². The van der Waals surface area contributed by atoms with Crippen LogP contribution in [0.4, 0.5) is 11.4 Å². The molecule has 1 aliphatic heterocycles. The number of benzene rings is 1. The van der Waals surface area contributed by atoms with Crippen LogP contribution in [0.1, 0.15) is 31.2 Å². The Morgan fingerprint density at radius 1 is 1.18 bits per heavy atom. The number of nitrogens with two attached hydrogens (primary N) is 1. The van der Waals surface area contributed by atoms with Gasteiger partial charge in [-0.15, -0.1) is 0 Å².